The lowest BCUT2D eigenvalue weighted by molar-refractivity contribution is 0.628. The van der Waals surface area contributed by atoms with Crippen molar-refractivity contribution in [3.63, 3.8) is 0 Å². The number of anilines is 1. The molecule has 0 amide bonds. The lowest BCUT2D eigenvalue weighted by Crippen LogP contribution is -2.03. The van der Waals surface area contributed by atoms with Crippen LogP contribution in [-0.2, 0) is 0 Å². The molecule has 0 saturated heterocycles. The van der Waals surface area contributed by atoms with Gasteiger partial charge in [-0.15, -0.1) is 11.8 Å². The SMILES string of the molecule is Fc1ccc(NCCSc2ccccn2)cc1. The summed E-state index contributed by atoms with van der Waals surface area (Å²) in [7, 11) is 0. The molecule has 0 aliphatic carbocycles. The number of benzene rings is 1. The van der Waals surface area contributed by atoms with Gasteiger partial charge in [0.15, 0.2) is 0 Å². The van der Waals surface area contributed by atoms with Gasteiger partial charge in [0, 0.05) is 24.2 Å². The molecule has 88 valence electrons. The Kier molecular flexibility index (Phi) is 4.38. The van der Waals surface area contributed by atoms with Crippen LogP contribution in [0, 0.1) is 5.82 Å². The third kappa shape index (κ3) is 4.07. The molecule has 1 aromatic carbocycles. The van der Waals surface area contributed by atoms with Crippen LogP contribution in [0.5, 0.6) is 0 Å². The van der Waals surface area contributed by atoms with Crippen molar-refractivity contribution in [2.24, 2.45) is 0 Å². The van der Waals surface area contributed by atoms with E-state index >= 15 is 0 Å². The first-order valence-electron chi connectivity index (χ1n) is 5.38. The van der Waals surface area contributed by atoms with E-state index in [0.29, 0.717) is 0 Å². The maximum absolute atomic E-state index is 12.7. The number of hydrogen-bond donors (Lipinski definition) is 1. The highest BCUT2D eigenvalue weighted by molar-refractivity contribution is 7.99. The van der Waals surface area contributed by atoms with Gasteiger partial charge >= 0.3 is 0 Å². The lowest BCUT2D eigenvalue weighted by atomic mass is 10.3. The van der Waals surface area contributed by atoms with E-state index in [-0.39, 0.29) is 5.82 Å². The van der Waals surface area contributed by atoms with Gasteiger partial charge in [0.1, 0.15) is 5.82 Å². The first-order chi connectivity index (χ1) is 8.34. The number of thioether (sulfide) groups is 1. The molecule has 1 aromatic heterocycles. The fraction of sp³-hybridized carbons (Fsp3) is 0.154. The predicted octanol–water partition coefficient (Wildman–Crippen LogP) is 3.42. The van der Waals surface area contributed by atoms with Crippen molar-refractivity contribution >= 4 is 17.4 Å². The van der Waals surface area contributed by atoms with E-state index in [4.69, 9.17) is 0 Å². The monoisotopic (exact) mass is 248 g/mol. The van der Waals surface area contributed by atoms with Gasteiger partial charge in [0.2, 0.25) is 0 Å². The van der Waals surface area contributed by atoms with Gasteiger partial charge in [0.05, 0.1) is 5.03 Å². The number of rotatable bonds is 5. The van der Waals surface area contributed by atoms with Crippen LogP contribution < -0.4 is 5.32 Å². The predicted molar refractivity (Wildman–Crippen MR) is 69.9 cm³/mol. The summed E-state index contributed by atoms with van der Waals surface area (Å²) in [5, 5.41) is 4.25. The molecule has 1 N–H and O–H groups in total. The average Bonchev–Trinajstić information content (AvgIpc) is 2.38. The molecule has 0 fully saturated rings. The van der Waals surface area contributed by atoms with E-state index in [1.807, 2.05) is 18.2 Å². The second-order valence-electron chi connectivity index (χ2n) is 3.45. The molecule has 0 atom stereocenters. The third-order valence-corrected chi connectivity index (χ3v) is 3.11. The van der Waals surface area contributed by atoms with Crippen LogP contribution in [0.1, 0.15) is 0 Å². The molecular weight excluding hydrogens is 235 g/mol. The molecule has 0 radical (unpaired) electrons. The van der Waals surface area contributed by atoms with Crippen LogP contribution in [-0.4, -0.2) is 17.3 Å². The van der Waals surface area contributed by atoms with Crippen molar-refractivity contribution in [3.8, 4) is 0 Å². The summed E-state index contributed by atoms with van der Waals surface area (Å²) in [6.07, 6.45) is 1.79. The molecule has 17 heavy (non-hydrogen) atoms. The summed E-state index contributed by atoms with van der Waals surface area (Å²) in [4.78, 5) is 4.22. The Hall–Kier alpha value is -1.55. The number of aromatic nitrogens is 1. The van der Waals surface area contributed by atoms with Gasteiger partial charge in [0.25, 0.3) is 0 Å². The van der Waals surface area contributed by atoms with Crippen molar-refractivity contribution in [3.05, 3.63) is 54.5 Å². The highest BCUT2D eigenvalue weighted by atomic mass is 32.2. The Morgan fingerprint density at radius 2 is 1.94 bits per heavy atom. The minimum absolute atomic E-state index is 0.210. The van der Waals surface area contributed by atoms with Gasteiger partial charge in [-0.05, 0) is 36.4 Å². The van der Waals surface area contributed by atoms with Crippen molar-refractivity contribution in [1.29, 1.82) is 0 Å². The number of pyridine rings is 1. The second kappa shape index (κ2) is 6.25. The fourth-order valence-corrected chi connectivity index (χ4v) is 2.07. The lowest BCUT2D eigenvalue weighted by Gasteiger charge is -2.05. The summed E-state index contributed by atoms with van der Waals surface area (Å²) >= 11 is 1.70. The molecule has 0 aliphatic heterocycles. The van der Waals surface area contributed by atoms with Crippen LogP contribution in [0.25, 0.3) is 0 Å². The van der Waals surface area contributed by atoms with E-state index in [2.05, 4.69) is 10.3 Å². The molecular formula is C13H13FN2S. The minimum atomic E-state index is -0.210. The first-order valence-corrected chi connectivity index (χ1v) is 6.36. The quantitative estimate of drug-likeness (QED) is 0.648. The maximum atomic E-state index is 12.7. The fourth-order valence-electron chi connectivity index (χ4n) is 1.35. The van der Waals surface area contributed by atoms with Gasteiger partial charge in [-0.3, -0.25) is 0 Å². The van der Waals surface area contributed by atoms with Crippen molar-refractivity contribution in [2.45, 2.75) is 5.03 Å². The van der Waals surface area contributed by atoms with E-state index in [9.17, 15) is 4.39 Å². The molecule has 0 aliphatic rings. The first kappa shape index (κ1) is 11.9. The number of nitrogens with zero attached hydrogens (tertiary/aromatic N) is 1. The summed E-state index contributed by atoms with van der Waals surface area (Å²) in [6, 6.07) is 12.2. The van der Waals surface area contributed by atoms with Crippen molar-refractivity contribution < 1.29 is 4.39 Å². The molecule has 0 bridgehead atoms. The number of nitrogens with one attached hydrogen (secondary N) is 1. The van der Waals surface area contributed by atoms with Crippen molar-refractivity contribution in [1.82, 2.24) is 4.98 Å². The maximum Gasteiger partial charge on any atom is 0.123 e. The number of hydrogen-bond acceptors (Lipinski definition) is 3. The molecule has 4 heteroatoms. The zero-order chi connectivity index (χ0) is 11.9. The highest BCUT2D eigenvalue weighted by Gasteiger charge is 1.95. The minimum Gasteiger partial charge on any atom is -0.384 e. The van der Waals surface area contributed by atoms with Crippen LogP contribution in [0.4, 0.5) is 10.1 Å². The zero-order valence-corrected chi connectivity index (χ0v) is 10.1. The Bertz CT molecular complexity index is 445. The van der Waals surface area contributed by atoms with Crippen LogP contribution in [0.2, 0.25) is 0 Å². The second-order valence-corrected chi connectivity index (χ2v) is 4.57. The summed E-state index contributed by atoms with van der Waals surface area (Å²) < 4.78 is 12.7. The Labute approximate surface area is 104 Å². The zero-order valence-electron chi connectivity index (χ0n) is 9.27. The van der Waals surface area contributed by atoms with Crippen molar-refractivity contribution in [2.75, 3.05) is 17.6 Å². The topological polar surface area (TPSA) is 24.9 Å². The summed E-state index contributed by atoms with van der Waals surface area (Å²) in [5.41, 5.74) is 0.938. The van der Waals surface area contributed by atoms with Crippen LogP contribution in [0.3, 0.4) is 0 Å². The van der Waals surface area contributed by atoms with E-state index in [0.717, 1.165) is 23.0 Å². The largest absolute Gasteiger partial charge is 0.384 e. The molecule has 2 rings (SSSR count). The standard InChI is InChI=1S/C13H13FN2S/c14-11-4-6-12(7-5-11)15-9-10-17-13-3-1-2-8-16-13/h1-8,15H,9-10H2. The van der Waals surface area contributed by atoms with Gasteiger partial charge < -0.3 is 5.32 Å². The van der Waals surface area contributed by atoms with E-state index in [1.54, 1.807) is 30.1 Å². The smallest absolute Gasteiger partial charge is 0.123 e. The summed E-state index contributed by atoms with van der Waals surface area (Å²) in [6.45, 7) is 0.826. The molecule has 0 spiro atoms. The Balaban J connectivity index is 1.71. The normalized spacial score (nSPS) is 10.2. The van der Waals surface area contributed by atoms with Gasteiger partial charge in [-0.25, -0.2) is 9.37 Å². The molecule has 2 aromatic rings. The number of halogens is 1. The average molecular weight is 248 g/mol. The van der Waals surface area contributed by atoms with Crippen LogP contribution >= 0.6 is 11.8 Å². The van der Waals surface area contributed by atoms with Crippen LogP contribution in [0.15, 0.2) is 53.7 Å². The van der Waals surface area contributed by atoms with Gasteiger partial charge in [-0.2, -0.15) is 0 Å². The molecule has 0 saturated carbocycles. The molecule has 2 nitrogen and oxygen atoms in total. The molecule has 1 heterocycles. The summed E-state index contributed by atoms with van der Waals surface area (Å²) in [5.74, 6) is 0.715. The van der Waals surface area contributed by atoms with Gasteiger partial charge in [-0.1, -0.05) is 6.07 Å². The van der Waals surface area contributed by atoms with E-state index < -0.39 is 0 Å². The molecule has 0 unspecified atom stereocenters. The Morgan fingerprint density at radius 3 is 2.65 bits per heavy atom. The highest BCUT2D eigenvalue weighted by Crippen LogP contribution is 2.14. The Morgan fingerprint density at radius 1 is 1.12 bits per heavy atom. The third-order valence-electron chi connectivity index (χ3n) is 2.16. The van der Waals surface area contributed by atoms with E-state index in [1.165, 1.54) is 12.1 Å².